The monoisotopic (exact) mass is 278 g/mol. The van der Waals surface area contributed by atoms with Crippen LogP contribution < -0.4 is 0 Å². The molecule has 1 aromatic rings. The van der Waals surface area contributed by atoms with Crippen molar-refractivity contribution >= 4 is 5.78 Å². The predicted octanol–water partition coefficient (Wildman–Crippen LogP) is 3.76. The molecule has 0 aliphatic carbocycles. The highest BCUT2D eigenvalue weighted by Crippen LogP contribution is 2.21. The molecule has 6 heteroatoms. The molecule has 1 rings (SSSR count). The summed E-state index contributed by atoms with van der Waals surface area (Å²) in [5, 5.41) is 0. The summed E-state index contributed by atoms with van der Waals surface area (Å²) in [6.07, 6.45) is -5.11. The van der Waals surface area contributed by atoms with E-state index in [1.807, 2.05) is 0 Å². The van der Waals surface area contributed by atoms with Crippen molar-refractivity contribution in [3.8, 4) is 0 Å². The van der Waals surface area contributed by atoms with Crippen molar-refractivity contribution in [2.24, 2.45) is 0 Å². The second-order valence-corrected chi connectivity index (χ2v) is 4.01. The van der Waals surface area contributed by atoms with Gasteiger partial charge in [0.05, 0.1) is 6.61 Å². The number of hydrogen-bond donors (Lipinski definition) is 0. The van der Waals surface area contributed by atoms with Crippen molar-refractivity contribution in [2.45, 2.75) is 25.4 Å². The number of carbonyl (C=O) groups excluding carboxylic acids is 1. The Bertz CT molecular complexity index is 398. The van der Waals surface area contributed by atoms with Gasteiger partial charge in [0.1, 0.15) is 5.82 Å². The Labute approximate surface area is 108 Å². The standard InChI is InChI=1S/C13H14F4O2/c14-11-4-2-10(3-5-11)12(18)6-9-19-8-1-7-13(15,16)17/h2-5H,1,6-9H2. The summed E-state index contributed by atoms with van der Waals surface area (Å²) >= 11 is 0. The van der Waals surface area contributed by atoms with Crippen LogP contribution in [0, 0.1) is 5.82 Å². The lowest BCUT2D eigenvalue weighted by molar-refractivity contribution is -0.137. The molecule has 0 saturated heterocycles. The van der Waals surface area contributed by atoms with Crippen molar-refractivity contribution in [3.63, 3.8) is 0 Å². The molecule has 0 N–H and O–H groups in total. The maximum absolute atomic E-state index is 12.6. The number of carbonyl (C=O) groups is 1. The van der Waals surface area contributed by atoms with Gasteiger partial charge in [0.15, 0.2) is 5.78 Å². The van der Waals surface area contributed by atoms with Gasteiger partial charge in [0, 0.05) is 25.0 Å². The molecule has 19 heavy (non-hydrogen) atoms. The van der Waals surface area contributed by atoms with Crippen LogP contribution in [0.5, 0.6) is 0 Å². The Balaban J connectivity index is 2.16. The molecule has 0 unspecified atom stereocenters. The summed E-state index contributed by atoms with van der Waals surface area (Å²) in [5.74, 6) is -0.657. The summed E-state index contributed by atoms with van der Waals surface area (Å²) in [6.45, 7) is 0.0320. The van der Waals surface area contributed by atoms with Crippen LogP contribution in [-0.2, 0) is 4.74 Å². The second-order valence-electron chi connectivity index (χ2n) is 4.01. The van der Waals surface area contributed by atoms with Gasteiger partial charge in [0.2, 0.25) is 0 Å². The normalized spacial score (nSPS) is 11.6. The Kier molecular flexibility index (Phi) is 5.95. The third-order valence-corrected chi connectivity index (χ3v) is 2.39. The van der Waals surface area contributed by atoms with Crippen molar-refractivity contribution in [1.29, 1.82) is 0 Å². The van der Waals surface area contributed by atoms with Crippen LogP contribution in [0.4, 0.5) is 17.6 Å². The number of alkyl halides is 3. The van der Waals surface area contributed by atoms with Gasteiger partial charge in [-0.1, -0.05) is 0 Å². The molecule has 0 fully saturated rings. The minimum Gasteiger partial charge on any atom is -0.381 e. The average Bonchev–Trinajstić information content (AvgIpc) is 2.33. The molecule has 0 aliphatic rings. The number of ether oxygens (including phenoxy) is 1. The lowest BCUT2D eigenvalue weighted by Crippen LogP contribution is -2.10. The highest BCUT2D eigenvalue weighted by Gasteiger charge is 2.25. The number of Topliss-reactive ketones (excluding diaryl/α,β-unsaturated/α-hetero) is 1. The number of hydrogen-bond acceptors (Lipinski definition) is 2. The van der Waals surface area contributed by atoms with Gasteiger partial charge in [-0.05, 0) is 30.7 Å². The highest BCUT2D eigenvalue weighted by molar-refractivity contribution is 5.96. The van der Waals surface area contributed by atoms with Crippen LogP contribution in [0.3, 0.4) is 0 Å². The Morgan fingerprint density at radius 1 is 1.11 bits per heavy atom. The van der Waals surface area contributed by atoms with Crippen molar-refractivity contribution < 1.29 is 27.1 Å². The summed E-state index contributed by atoms with van der Waals surface area (Å²) in [7, 11) is 0. The first-order chi connectivity index (χ1) is 8.88. The zero-order valence-corrected chi connectivity index (χ0v) is 10.2. The van der Waals surface area contributed by atoms with E-state index in [-0.39, 0.29) is 31.8 Å². The van der Waals surface area contributed by atoms with Gasteiger partial charge in [-0.3, -0.25) is 4.79 Å². The first-order valence-corrected chi connectivity index (χ1v) is 5.82. The van der Waals surface area contributed by atoms with Crippen LogP contribution in [0.25, 0.3) is 0 Å². The fourth-order valence-electron chi connectivity index (χ4n) is 1.42. The lowest BCUT2D eigenvalue weighted by atomic mass is 10.1. The Hall–Kier alpha value is -1.43. The van der Waals surface area contributed by atoms with Gasteiger partial charge in [-0.2, -0.15) is 13.2 Å². The van der Waals surface area contributed by atoms with Crippen LogP contribution in [-0.4, -0.2) is 25.2 Å². The van der Waals surface area contributed by atoms with Crippen LogP contribution in [0.2, 0.25) is 0 Å². The van der Waals surface area contributed by atoms with Gasteiger partial charge in [0.25, 0.3) is 0 Å². The Morgan fingerprint density at radius 2 is 1.74 bits per heavy atom. The van der Waals surface area contributed by atoms with E-state index in [0.29, 0.717) is 5.56 Å². The third kappa shape index (κ3) is 6.91. The molecule has 0 heterocycles. The second kappa shape index (κ2) is 7.23. The summed E-state index contributed by atoms with van der Waals surface area (Å²) in [6, 6.07) is 5.08. The quantitative estimate of drug-likeness (QED) is 0.431. The SMILES string of the molecule is O=C(CCOCCCC(F)(F)F)c1ccc(F)cc1. The maximum Gasteiger partial charge on any atom is 0.389 e. The minimum absolute atomic E-state index is 0.0315. The average molecular weight is 278 g/mol. The molecule has 106 valence electrons. The molecule has 1 aromatic carbocycles. The van der Waals surface area contributed by atoms with Crippen LogP contribution in [0.1, 0.15) is 29.6 Å². The smallest absolute Gasteiger partial charge is 0.381 e. The molecular formula is C13H14F4O2. The maximum atomic E-state index is 12.6. The zero-order chi connectivity index (χ0) is 14.3. The van der Waals surface area contributed by atoms with Crippen molar-refractivity contribution in [3.05, 3.63) is 35.6 Å². The fourth-order valence-corrected chi connectivity index (χ4v) is 1.42. The minimum atomic E-state index is -4.17. The van der Waals surface area contributed by atoms with Crippen molar-refractivity contribution in [1.82, 2.24) is 0 Å². The molecule has 0 bridgehead atoms. The zero-order valence-electron chi connectivity index (χ0n) is 10.2. The van der Waals surface area contributed by atoms with E-state index in [1.54, 1.807) is 0 Å². The van der Waals surface area contributed by atoms with E-state index in [1.165, 1.54) is 24.3 Å². The summed E-state index contributed by atoms with van der Waals surface area (Å²) in [5.41, 5.74) is 0.361. The van der Waals surface area contributed by atoms with E-state index in [0.717, 1.165) is 0 Å². The van der Waals surface area contributed by atoms with Gasteiger partial charge < -0.3 is 4.74 Å². The molecule has 0 aromatic heterocycles. The molecule has 0 aliphatic heterocycles. The highest BCUT2D eigenvalue weighted by atomic mass is 19.4. The predicted molar refractivity (Wildman–Crippen MR) is 61.5 cm³/mol. The van der Waals surface area contributed by atoms with E-state index in [4.69, 9.17) is 4.74 Å². The number of halogens is 4. The van der Waals surface area contributed by atoms with Crippen LogP contribution >= 0.6 is 0 Å². The molecular weight excluding hydrogens is 264 g/mol. The first-order valence-electron chi connectivity index (χ1n) is 5.82. The van der Waals surface area contributed by atoms with Crippen LogP contribution in [0.15, 0.2) is 24.3 Å². The van der Waals surface area contributed by atoms with Gasteiger partial charge >= 0.3 is 6.18 Å². The summed E-state index contributed by atoms with van der Waals surface area (Å²) in [4.78, 5) is 11.6. The van der Waals surface area contributed by atoms with Crippen molar-refractivity contribution in [2.75, 3.05) is 13.2 Å². The fraction of sp³-hybridized carbons (Fsp3) is 0.462. The molecule has 0 atom stereocenters. The topological polar surface area (TPSA) is 26.3 Å². The van der Waals surface area contributed by atoms with E-state index >= 15 is 0 Å². The molecule has 0 radical (unpaired) electrons. The third-order valence-electron chi connectivity index (χ3n) is 2.39. The lowest BCUT2D eigenvalue weighted by Gasteiger charge is -2.06. The number of benzene rings is 1. The number of rotatable bonds is 7. The Morgan fingerprint density at radius 3 is 2.32 bits per heavy atom. The summed E-state index contributed by atoms with van der Waals surface area (Å²) < 4.78 is 53.0. The van der Waals surface area contributed by atoms with Gasteiger partial charge in [-0.25, -0.2) is 4.39 Å². The molecule has 0 amide bonds. The molecule has 0 spiro atoms. The van der Waals surface area contributed by atoms with E-state index < -0.39 is 18.4 Å². The van der Waals surface area contributed by atoms with Gasteiger partial charge in [-0.15, -0.1) is 0 Å². The molecule has 2 nitrogen and oxygen atoms in total. The van der Waals surface area contributed by atoms with E-state index in [2.05, 4.69) is 0 Å². The first kappa shape index (κ1) is 15.6. The largest absolute Gasteiger partial charge is 0.389 e. The number of ketones is 1. The van der Waals surface area contributed by atoms with E-state index in [9.17, 15) is 22.4 Å². The molecule has 0 saturated carbocycles.